The zero-order valence-corrected chi connectivity index (χ0v) is 13.7. The van der Waals surface area contributed by atoms with E-state index in [-0.39, 0.29) is 30.3 Å². The van der Waals surface area contributed by atoms with Crippen LogP contribution in [0.3, 0.4) is 0 Å². The molecule has 1 aliphatic heterocycles. The molecule has 0 bridgehead atoms. The highest BCUT2D eigenvalue weighted by atomic mass is 32.1. The first kappa shape index (κ1) is 15.5. The maximum Gasteiger partial charge on any atom is 0.231 e. The number of carbonyl (C=O) groups is 2. The zero-order chi connectivity index (χ0) is 15.7. The number of aryl methyl sites for hydroxylation is 1. The normalized spacial score (nSPS) is 28.3. The number of hydrogen-bond donors (Lipinski definition) is 2. The first-order valence-electron chi connectivity index (χ1n) is 7.90. The molecule has 3 rings (SSSR count). The molecule has 1 saturated carbocycles. The lowest BCUT2D eigenvalue weighted by Crippen LogP contribution is -2.50. The molecule has 1 saturated heterocycles. The summed E-state index contributed by atoms with van der Waals surface area (Å²) in [4.78, 5) is 28.1. The second kappa shape index (κ2) is 6.38. The fourth-order valence-electron chi connectivity index (χ4n) is 3.30. The number of carbonyl (C=O) groups excluding carboxylic acids is 2. The van der Waals surface area contributed by atoms with Crippen LogP contribution in [0.4, 0.5) is 0 Å². The molecule has 3 atom stereocenters. The van der Waals surface area contributed by atoms with E-state index < -0.39 is 0 Å². The van der Waals surface area contributed by atoms with Crippen LogP contribution in [0.15, 0.2) is 12.1 Å². The summed E-state index contributed by atoms with van der Waals surface area (Å²) in [6.45, 7) is 3.99. The van der Waals surface area contributed by atoms with Gasteiger partial charge >= 0.3 is 0 Å². The third-order valence-electron chi connectivity index (χ3n) is 4.49. The minimum atomic E-state index is -0.303. The van der Waals surface area contributed by atoms with Crippen molar-refractivity contribution in [2.24, 2.45) is 11.7 Å². The SMILES string of the molecule is Cc1ccc(C2CC2C(=O)NC2CCCN(CC(N)=O)C2)s1. The van der Waals surface area contributed by atoms with Gasteiger partial charge in [-0.2, -0.15) is 0 Å². The average Bonchev–Trinajstić information content (AvgIpc) is 3.14. The molecule has 2 heterocycles. The second-order valence-corrected chi connectivity index (χ2v) is 7.77. The Morgan fingerprint density at radius 1 is 1.45 bits per heavy atom. The van der Waals surface area contributed by atoms with Crippen LogP contribution in [-0.2, 0) is 9.59 Å². The molecule has 5 nitrogen and oxygen atoms in total. The van der Waals surface area contributed by atoms with Crippen molar-refractivity contribution in [2.75, 3.05) is 19.6 Å². The summed E-state index contributed by atoms with van der Waals surface area (Å²) in [6.07, 6.45) is 2.94. The van der Waals surface area contributed by atoms with Crippen LogP contribution in [0.1, 0.15) is 34.9 Å². The molecule has 3 N–H and O–H groups in total. The van der Waals surface area contributed by atoms with E-state index in [9.17, 15) is 9.59 Å². The number of piperidine rings is 1. The topological polar surface area (TPSA) is 75.4 Å². The molecule has 2 aliphatic rings. The summed E-state index contributed by atoms with van der Waals surface area (Å²) in [5.74, 6) is 0.401. The van der Waals surface area contributed by atoms with Gasteiger partial charge in [-0.3, -0.25) is 14.5 Å². The van der Waals surface area contributed by atoms with E-state index >= 15 is 0 Å². The lowest BCUT2D eigenvalue weighted by Gasteiger charge is -2.32. The van der Waals surface area contributed by atoms with Crippen molar-refractivity contribution in [3.63, 3.8) is 0 Å². The van der Waals surface area contributed by atoms with Crippen molar-refractivity contribution in [1.82, 2.24) is 10.2 Å². The van der Waals surface area contributed by atoms with Crippen LogP contribution < -0.4 is 11.1 Å². The minimum absolute atomic E-state index is 0.129. The Labute approximate surface area is 134 Å². The van der Waals surface area contributed by atoms with Gasteiger partial charge in [-0.25, -0.2) is 0 Å². The Morgan fingerprint density at radius 3 is 2.95 bits per heavy atom. The quantitative estimate of drug-likeness (QED) is 0.856. The van der Waals surface area contributed by atoms with Gasteiger partial charge in [0.05, 0.1) is 6.54 Å². The summed E-state index contributed by atoms with van der Waals surface area (Å²) in [6, 6.07) is 4.41. The molecular formula is C16H23N3O2S. The zero-order valence-electron chi connectivity index (χ0n) is 12.9. The first-order chi connectivity index (χ1) is 10.5. The van der Waals surface area contributed by atoms with Crippen LogP contribution in [0.5, 0.6) is 0 Å². The van der Waals surface area contributed by atoms with E-state index in [0.29, 0.717) is 5.92 Å². The number of likely N-dealkylation sites (tertiary alicyclic amines) is 1. The molecule has 3 unspecified atom stereocenters. The molecule has 1 aliphatic carbocycles. The average molecular weight is 321 g/mol. The fraction of sp³-hybridized carbons (Fsp3) is 0.625. The van der Waals surface area contributed by atoms with E-state index in [4.69, 9.17) is 5.73 Å². The molecule has 120 valence electrons. The van der Waals surface area contributed by atoms with Crippen molar-refractivity contribution in [1.29, 1.82) is 0 Å². The number of primary amides is 1. The van der Waals surface area contributed by atoms with Crippen LogP contribution in [0, 0.1) is 12.8 Å². The van der Waals surface area contributed by atoms with Gasteiger partial charge in [-0.05, 0) is 44.9 Å². The molecule has 1 aromatic rings. The number of nitrogens with two attached hydrogens (primary N) is 1. The van der Waals surface area contributed by atoms with Gasteiger partial charge < -0.3 is 11.1 Å². The maximum absolute atomic E-state index is 12.4. The third kappa shape index (κ3) is 3.67. The van der Waals surface area contributed by atoms with Crippen molar-refractivity contribution in [3.8, 4) is 0 Å². The lowest BCUT2D eigenvalue weighted by molar-refractivity contribution is -0.123. The Morgan fingerprint density at radius 2 is 2.27 bits per heavy atom. The van der Waals surface area contributed by atoms with Crippen LogP contribution >= 0.6 is 11.3 Å². The van der Waals surface area contributed by atoms with Gasteiger partial charge in [-0.15, -0.1) is 11.3 Å². The predicted octanol–water partition coefficient (Wildman–Crippen LogP) is 1.23. The summed E-state index contributed by atoms with van der Waals surface area (Å²) in [5.41, 5.74) is 5.25. The minimum Gasteiger partial charge on any atom is -0.369 e. The predicted molar refractivity (Wildman–Crippen MR) is 86.7 cm³/mol. The number of nitrogens with one attached hydrogen (secondary N) is 1. The van der Waals surface area contributed by atoms with E-state index in [2.05, 4.69) is 24.4 Å². The van der Waals surface area contributed by atoms with Crippen molar-refractivity contribution in [2.45, 2.75) is 38.1 Å². The van der Waals surface area contributed by atoms with Crippen molar-refractivity contribution < 1.29 is 9.59 Å². The van der Waals surface area contributed by atoms with E-state index in [1.54, 1.807) is 11.3 Å². The molecule has 2 fully saturated rings. The Bertz CT molecular complexity index is 571. The monoisotopic (exact) mass is 321 g/mol. The second-order valence-electron chi connectivity index (χ2n) is 6.45. The standard InChI is InChI=1S/C16H23N3O2S/c1-10-4-5-14(22-10)12-7-13(12)16(21)18-11-3-2-6-19(8-11)9-15(17)20/h4-5,11-13H,2-3,6-9H2,1H3,(H2,17,20)(H,18,21). The van der Waals surface area contributed by atoms with Gasteiger partial charge in [0.2, 0.25) is 11.8 Å². The molecule has 22 heavy (non-hydrogen) atoms. The molecule has 0 spiro atoms. The number of rotatable bonds is 5. The Hall–Kier alpha value is -1.40. The summed E-state index contributed by atoms with van der Waals surface area (Å²) < 4.78 is 0. The highest BCUT2D eigenvalue weighted by molar-refractivity contribution is 7.12. The van der Waals surface area contributed by atoms with Gasteiger partial charge in [0.1, 0.15) is 0 Å². The molecule has 6 heteroatoms. The van der Waals surface area contributed by atoms with Gasteiger partial charge in [0.25, 0.3) is 0 Å². The van der Waals surface area contributed by atoms with Crippen LogP contribution in [-0.4, -0.2) is 42.4 Å². The number of hydrogen-bond acceptors (Lipinski definition) is 4. The smallest absolute Gasteiger partial charge is 0.231 e. The number of thiophene rings is 1. The molecule has 0 aromatic carbocycles. The van der Waals surface area contributed by atoms with E-state index in [0.717, 1.165) is 32.4 Å². The molecule has 0 radical (unpaired) electrons. The number of nitrogens with zero attached hydrogens (tertiary/aromatic N) is 1. The fourth-order valence-corrected chi connectivity index (χ4v) is 4.35. The first-order valence-corrected chi connectivity index (χ1v) is 8.72. The Balaban J connectivity index is 1.49. The summed E-state index contributed by atoms with van der Waals surface area (Å²) >= 11 is 1.79. The Kier molecular flexibility index (Phi) is 4.49. The van der Waals surface area contributed by atoms with E-state index in [1.165, 1.54) is 9.75 Å². The van der Waals surface area contributed by atoms with Crippen molar-refractivity contribution in [3.05, 3.63) is 21.9 Å². The van der Waals surface area contributed by atoms with Gasteiger partial charge in [-0.1, -0.05) is 0 Å². The summed E-state index contributed by atoms with van der Waals surface area (Å²) in [5, 5.41) is 3.16. The van der Waals surface area contributed by atoms with Gasteiger partial charge in [0.15, 0.2) is 0 Å². The maximum atomic E-state index is 12.4. The van der Waals surface area contributed by atoms with Gasteiger partial charge in [0, 0.05) is 34.2 Å². The number of amides is 2. The lowest BCUT2D eigenvalue weighted by atomic mass is 10.1. The van der Waals surface area contributed by atoms with Crippen molar-refractivity contribution >= 4 is 23.2 Å². The van der Waals surface area contributed by atoms with Crippen LogP contribution in [0.25, 0.3) is 0 Å². The highest BCUT2D eigenvalue weighted by Crippen LogP contribution is 2.49. The van der Waals surface area contributed by atoms with Crippen LogP contribution in [0.2, 0.25) is 0 Å². The summed E-state index contributed by atoms with van der Waals surface area (Å²) in [7, 11) is 0. The van der Waals surface area contributed by atoms with E-state index in [1.807, 2.05) is 4.90 Å². The molecule has 1 aromatic heterocycles. The third-order valence-corrected chi connectivity index (χ3v) is 5.62. The molecule has 2 amide bonds. The largest absolute Gasteiger partial charge is 0.369 e. The molecular weight excluding hydrogens is 298 g/mol. The highest BCUT2D eigenvalue weighted by Gasteiger charge is 2.45.